The zero-order valence-electron chi connectivity index (χ0n) is 14.6. The van der Waals surface area contributed by atoms with Crippen LogP contribution in [-0.2, 0) is 0 Å². The number of aromatic nitrogens is 1. The van der Waals surface area contributed by atoms with E-state index in [1.165, 1.54) is 18.4 Å². The predicted octanol–water partition coefficient (Wildman–Crippen LogP) is 4.09. The molecular weight excluding hydrogens is 352 g/mol. The normalized spacial score (nSPS) is 10.3. The summed E-state index contributed by atoms with van der Waals surface area (Å²) in [6.45, 7) is 0. The molecular formula is C19H18N2O4S. The third-order valence-corrected chi connectivity index (χ3v) is 4.52. The molecule has 0 unspecified atom stereocenters. The van der Waals surface area contributed by atoms with Crippen molar-refractivity contribution in [1.82, 2.24) is 4.98 Å². The van der Waals surface area contributed by atoms with Crippen LogP contribution in [0.3, 0.4) is 0 Å². The summed E-state index contributed by atoms with van der Waals surface area (Å²) in [7, 11) is 4.73. The van der Waals surface area contributed by atoms with E-state index < -0.39 is 0 Å². The largest absolute Gasteiger partial charge is 0.497 e. The van der Waals surface area contributed by atoms with E-state index in [0.29, 0.717) is 33.6 Å². The van der Waals surface area contributed by atoms with E-state index in [9.17, 15) is 4.79 Å². The van der Waals surface area contributed by atoms with Crippen LogP contribution >= 0.6 is 11.3 Å². The van der Waals surface area contributed by atoms with Crippen molar-refractivity contribution in [2.75, 3.05) is 26.6 Å². The van der Waals surface area contributed by atoms with E-state index in [4.69, 9.17) is 14.2 Å². The van der Waals surface area contributed by atoms with Gasteiger partial charge in [0.15, 0.2) is 5.13 Å². The lowest BCUT2D eigenvalue weighted by molar-refractivity contribution is 0.102. The first-order valence-electron chi connectivity index (χ1n) is 7.78. The van der Waals surface area contributed by atoms with Crippen LogP contribution in [0.1, 0.15) is 10.4 Å². The van der Waals surface area contributed by atoms with Gasteiger partial charge in [-0.3, -0.25) is 10.1 Å². The molecule has 1 aromatic heterocycles. The van der Waals surface area contributed by atoms with Crippen molar-refractivity contribution >= 4 is 22.4 Å². The molecule has 0 saturated carbocycles. The molecule has 0 radical (unpaired) electrons. The molecule has 0 aliphatic rings. The second-order valence-electron chi connectivity index (χ2n) is 5.26. The maximum absolute atomic E-state index is 12.5. The third kappa shape index (κ3) is 3.62. The molecule has 0 fully saturated rings. The minimum Gasteiger partial charge on any atom is -0.497 e. The first-order chi connectivity index (χ1) is 12.7. The number of ether oxygens (including phenoxy) is 3. The lowest BCUT2D eigenvalue weighted by Crippen LogP contribution is -2.12. The van der Waals surface area contributed by atoms with Crippen molar-refractivity contribution in [1.29, 1.82) is 0 Å². The molecule has 1 amide bonds. The van der Waals surface area contributed by atoms with Crippen molar-refractivity contribution in [3.8, 4) is 28.5 Å². The first kappa shape index (κ1) is 17.8. The molecule has 7 heteroatoms. The van der Waals surface area contributed by atoms with Crippen LogP contribution in [0, 0.1) is 0 Å². The van der Waals surface area contributed by atoms with Gasteiger partial charge in [0, 0.05) is 10.9 Å². The molecule has 3 aromatic rings. The molecule has 1 N–H and O–H groups in total. The number of anilines is 1. The number of nitrogens with zero attached hydrogens (tertiary/aromatic N) is 1. The molecule has 26 heavy (non-hydrogen) atoms. The summed E-state index contributed by atoms with van der Waals surface area (Å²) < 4.78 is 15.9. The summed E-state index contributed by atoms with van der Waals surface area (Å²) in [6.07, 6.45) is 0. The molecule has 134 valence electrons. The number of methoxy groups -OCH3 is 3. The molecule has 0 saturated heterocycles. The minimum atomic E-state index is -0.277. The van der Waals surface area contributed by atoms with Gasteiger partial charge in [0.2, 0.25) is 0 Å². The van der Waals surface area contributed by atoms with E-state index >= 15 is 0 Å². The van der Waals surface area contributed by atoms with Gasteiger partial charge in [-0.15, -0.1) is 11.3 Å². The van der Waals surface area contributed by atoms with Crippen LogP contribution in [0.25, 0.3) is 11.3 Å². The van der Waals surface area contributed by atoms with E-state index in [0.717, 1.165) is 5.56 Å². The van der Waals surface area contributed by atoms with Crippen molar-refractivity contribution in [3.63, 3.8) is 0 Å². The topological polar surface area (TPSA) is 69.7 Å². The number of benzene rings is 2. The fourth-order valence-corrected chi connectivity index (χ4v) is 3.17. The number of hydrogen-bond donors (Lipinski definition) is 1. The van der Waals surface area contributed by atoms with Crippen molar-refractivity contribution < 1.29 is 19.0 Å². The quantitative estimate of drug-likeness (QED) is 0.708. The van der Waals surface area contributed by atoms with Crippen LogP contribution in [0.15, 0.2) is 47.8 Å². The van der Waals surface area contributed by atoms with E-state index in [-0.39, 0.29) is 5.91 Å². The summed E-state index contributed by atoms with van der Waals surface area (Å²) in [6, 6.07) is 12.5. The Kier molecular flexibility index (Phi) is 5.38. The smallest absolute Gasteiger partial charge is 0.261 e. The number of amides is 1. The van der Waals surface area contributed by atoms with Gasteiger partial charge in [-0.05, 0) is 30.3 Å². The van der Waals surface area contributed by atoms with Crippen LogP contribution in [0.5, 0.6) is 17.2 Å². The first-order valence-corrected chi connectivity index (χ1v) is 8.66. The van der Waals surface area contributed by atoms with Gasteiger partial charge < -0.3 is 14.2 Å². The monoisotopic (exact) mass is 370 g/mol. The van der Waals surface area contributed by atoms with Gasteiger partial charge in [0.05, 0.1) is 32.6 Å². The number of nitrogens with one attached hydrogen (secondary N) is 1. The maximum atomic E-state index is 12.5. The van der Waals surface area contributed by atoms with Crippen molar-refractivity contribution in [3.05, 3.63) is 53.4 Å². The number of carbonyl (C=O) groups excluding carboxylic acids is 1. The number of rotatable bonds is 6. The maximum Gasteiger partial charge on any atom is 0.261 e. The molecule has 0 aliphatic carbocycles. The minimum absolute atomic E-state index is 0.277. The number of thiazole rings is 1. The third-order valence-electron chi connectivity index (χ3n) is 3.76. The summed E-state index contributed by atoms with van der Waals surface area (Å²) in [5.41, 5.74) is 1.94. The Bertz CT molecular complexity index is 923. The Morgan fingerprint density at radius 2 is 1.77 bits per heavy atom. The fraction of sp³-hybridized carbons (Fsp3) is 0.158. The SMILES string of the molecule is COc1ccc(OC)c(-c2csc(NC(=O)c3ccccc3OC)n2)c1. The molecule has 0 atom stereocenters. The van der Waals surface area contributed by atoms with Crippen molar-refractivity contribution in [2.24, 2.45) is 0 Å². The van der Waals surface area contributed by atoms with Gasteiger partial charge >= 0.3 is 0 Å². The zero-order chi connectivity index (χ0) is 18.5. The van der Waals surface area contributed by atoms with E-state index in [2.05, 4.69) is 10.3 Å². The highest BCUT2D eigenvalue weighted by atomic mass is 32.1. The van der Waals surface area contributed by atoms with Gasteiger partial charge in [-0.1, -0.05) is 12.1 Å². The number of para-hydroxylation sites is 1. The molecule has 6 nitrogen and oxygen atoms in total. The second-order valence-corrected chi connectivity index (χ2v) is 6.12. The zero-order valence-corrected chi connectivity index (χ0v) is 15.4. The Morgan fingerprint density at radius 1 is 1.00 bits per heavy atom. The lowest BCUT2D eigenvalue weighted by Gasteiger charge is -2.08. The molecule has 0 aliphatic heterocycles. The van der Waals surface area contributed by atoms with E-state index in [1.54, 1.807) is 32.4 Å². The summed E-state index contributed by atoms with van der Waals surface area (Å²) in [4.78, 5) is 17.0. The highest BCUT2D eigenvalue weighted by Gasteiger charge is 2.15. The molecule has 3 rings (SSSR count). The standard InChI is InChI=1S/C19H18N2O4S/c1-23-12-8-9-17(25-3)14(10-12)15-11-26-19(20-15)21-18(22)13-6-4-5-7-16(13)24-2/h4-11H,1-3H3,(H,20,21,22). The summed E-state index contributed by atoms with van der Waals surface area (Å²) in [5, 5.41) is 5.15. The van der Waals surface area contributed by atoms with Gasteiger partial charge in [-0.2, -0.15) is 0 Å². The summed E-state index contributed by atoms with van der Waals surface area (Å²) in [5.74, 6) is 1.62. The van der Waals surface area contributed by atoms with Crippen LogP contribution in [0.2, 0.25) is 0 Å². The Hall–Kier alpha value is -3.06. The van der Waals surface area contributed by atoms with Crippen LogP contribution < -0.4 is 19.5 Å². The number of hydrogen-bond acceptors (Lipinski definition) is 6. The fourth-order valence-electron chi connectivity index (χ4n) is 2.47. The summed E-state index contributed by atoms with van der Waals surface area (Å²) >= 11 is 1.33. The van der Waals surface area contributed by atoms with Crippen LogP contribution in [-0.4, -0.2) is 32.2 Å². The average Bonchev–Trinajstić information content (AvgIpc) is 3.15. The second kappa shape index (κ2) is 7.88. The molecule has 1 heterocycles. The van der Waals surface area contributed by atoms with Crippen LogP contribution in [0.4, 0.5) is 5.13 Å². The Morgan fingerprint density at radius 3 is 2.50 bits per heavy atom. The van der Waals surface area contributed by atoms with Gasteiger partial charge in [0.1, 0.15) is 17.2 Å². The highest BCUT2D eigenvalue weighted by Crippen LogP contribution is 2.35. The predicted molar refractivity (Wildman–Crippen MR) is 102 cm³/mol. The molecule has 0 bridgehead atoms. The Balaban J connectivity index is 1.86. The Labute approximate surface area is 155 Å². The van der Waals surface area contributed by atoms with Gasteiger partial charge in [0.25, 0.3) is 5.91 Å². The van der Waals surface area contributed by atoms with Gasteiger partial charge in [-0.25, -0.2) is 4.98 Å². The lowest BCUT2D eigenvalue weighted by atomic mass is 10.1. The van der Waals surface area contributed by atoms with Crippen molar-refractivity contribution in [2.45, 2.75) is 0 Å². The average molecular weight is 370 g/mol. The molecule has 2 aromatic carbocycles. The molecule has 0 spiro atoms. The van der Waals surface area contributed by atoms with E-state index in [1.807, 2.05) is 29.6 Å². The number of carbonyl (C=O) groups is 1. The highest BCUT2D eigenvalue weighted by molar-refractivity contribution is 7.14.